The Hall–Kier alpha value is -2.03. The lowest BCUT2D eigenvalue weighted by atomic mass is 10.1. The Morgan fingerprint density at radius 2 is 1.53 bits per heavy atom. The van der Waals surface area contributed by atoms with Crippen LogP contribution in [0.4, 0.5) is 0 Å². The highest BCUT2D eigenvalue weighted by molar-refractivity contribution is 5.66. The van der Waals surface area contributed by atoms with E-state index in [0.717, 1.165) is 28.3 Å². The number of pyridine rings is 1. The zero-order valence-electron chi connectivity index (χ0n) is 10.2. The van der Waals surface area contributed by atoms with E-state index in [-0.39, 0.29) is 0 Å². The highest BCUT2D eigenvalue weighted by atomic mass is 16.5. The fourth-order valence-electron chi connectivity index (χ4n) is 1.61. The van der Waals surface area contributed by atoms with Crippen LogP contribution in [0.5, 0.6) is 11.5 Å². The Bertz CT molecular complexity index is 484. The van der Waals surface area contributed by atoms with Crippen LogP contribution in [0.2, 0.25) is 0 Å². The maximum atomic E-state index is 5.24. The van der Waals surface area contributed by atoms with Crippen LogP contribution in [0, 0.1) is 6.92 Å². The quantitative estimate of drug-likeness (QED) is 0.810. The molecule has 0 unspecified atom stereocenters. The van der Waals surface area contributed by atoms with Crippen molar-refractivity contribution in [2.45, 2.75) is 6.92 Å². The van der Waals surface area contributed by atoms with Crippen LogP contribution in [0.15, 0.2) is 36.5 Å². The van der Waals surface area contributed by atoms with Gasteiger partial charge in [0.2, 0.25) is 0 Å². The third-order valence-electron chi connectivity index (χ3n) is 2.60. The Morgan fingerprint density at radius 3 is 2.00 bits per heavy atom. The minimum Gasteiger partial charge on any atom is -0.497 e. The van der Waals surface area contributed by atoms with Gasteiger partial charge in [0.1, 0.15) is 11.5 Å². The molecule has 0 saturated heterocycles. The standard InChI is InChI=1S/C14H15NO2/c1-10-4-5-11(9-15-10)12-6-13(16-2)8-14(7-12)17-3/h4-9H,1-3H3. The summed E-state index contributed by atoms with van der Waals surface area (Å²) in [4.78, 5) is 4.28. The third kappa shape index (κ3) is 2.56. The second-order valence-corrected chi connectivity index (χ2v) is 3.79. The number of rotatable bonds is 3. The first-order valence-electron chi connectivity index (χ1n) is 5.39. The van der Waals surface area contributed by atoms with Crippen LogP contribution < -0.4 is 9.47 Å². The highest BCUT2D eigenvalue weighted by Gasteiger charge is 2.04. The van der Waals surface area contributed by atoms with Crippen molar-refractivity contribution in [3.05, 3.63) is 42.2 Å². The number of aromatic nitrogens is 1. The van der Waals surface area contributed by atoms with Gasteiger partial charge in [0.05, 0.1) is 14.2 Å². The Balaban J connectivity index is 2.46. The van der Waals surface area contributed by atoms with Gasteiger partial charge in [-0.1, -0.05) is 6.07 Å². The average Bonchev–Trinajstić information content (AvgIpc) is 2.39. The molecule has 0 aliphatic rings. The molecule has 3 nitrogen and oxygen atoms in total. The van der Waals surface area contributed by atoms with Gasteiger partial charge < -0.3 is 9.47 Å². The minimum absolute atomic E-state index is 0.778. The fourth-order valence-corrected chi connectivity index (χ4v) is 1.61. The monoisotopic (exact) mass is 229 g/mol. The molecular formula is C14H15NO2. The fraction of sp³-hybridized carbons (Fsp3) is 0.214. The summed E-state index contributed by atoms with van der Waals surface area (Å²) in [6, 6.07) is 9.81. The van der Waals surface area contributed by atoms with Gasteiger partial charge in [-0.25, -0.2) is 0 Å². The van der Waals surface area contributed by atoms with Gasteiger partial charge in [-0.15, -0.1) is 0 Å². The summed E-state index contributed by atoms with van der Waals surface area (Å²) >= 11 is 0. The number of benzene rings is 1. The molecule has 1 heterocycles. The topological polar surface area (TPSA) is 31.4 Å². The van der Waals surface area contributed by atoms with Crippen molar-refractivity contribution in [2.24, 2.45) is 0 Å². The number of nitrogens with zero attached hydrogens (tertiary/aromatic N) is 1. The molecule has 1 aromatic heterocycles. The van der Waals surface area contributed by atoms with E-state index in [1.165, 1.54) is 0 Å². The van der Waals surface area contributed by atoms with E-state index in [1.807, 2.05) is 43.5 Å². The molecule has 17 heavy (non-hydrogen) atoms. The van der Waals surface area contributed by atoms with E-state index in [9.17, 15) is 0 Å². The lowest BCUT2D eigenvalue weighted by molar-refractivity contribution is 0.394. The lowest BCUT2D eigenvalue weighted by Gasteiger charge is -2.08. The van der Waals surface area contributed by atoms with E-state index in [0.29, 0.717) is 0 Å². The van der Waals surface area contributed by atoms with Crippen molar-refractivity contribution in [2.75, 3.05) is 14.2 Å². The second kappa shape index (κ2) is 4.87. The molecule has 3 heteroatoms. The Labute approximate surface area is 101 Å². The molecule has 0 aliphatic heterocycles. The smallest absolute Gasteiger partial charge is 0.123 e. The van der Waals surface area contributed by atoms with E-state index in [2.05, 4.69) is 4.98 Å². The first kappa shape index (κ1) is 11.5. The summed E-state index contributed by atoms with van der Waals surface area (Å²) in [6.07, 6.45) is 1.85. The molecule has 2 rings (SSSR count). The number of hydrogen-bond acceptors (Lipinski definition) is 3. The minimum atomic E-state index is 0.778. The summed E-state index contributed by atoms with van der Waals surface area (Å²) < 4.78 is 10.5. The molecule has 0 amide bonds. The van der Waals surface area contributed by atoms with Crippen LogP contribution in [0.3, 0.4) is 0 Å². The molecule has 0 bridgehead atoms. The summed E-state index contributed by atoms with van der Waals surface area (Å²) in [5, 5.41) is 0. The molecule has 0 atom stereocenters. The van der Waals surface area contributed by atoms with Crippen molar-refractivity contribution in [3.8, 4) is 22.6 Å². The summed E-state index contributed by atoms with van der Waals surface area (Å²) in [7, 11) is 3.29. The molecule has 1 aromatic carbocycles. The molecule has 0 N–H and O–H groups in total. The van der Waals surface area contributed by atoms with Crippen molar-refractivity contribution in [1.82, 2.24) is 4.98 Å². The van der Waals surface area contributed by atoms with E-state index >= 15 is 0 Å². The second-order valence-electron chi connectivity index (χ2n) is 3.79. The molecule has 0 fully saturated rings. The van der Waals surface area contributed by atoms with Gasteiger partial charge in [0.25, 0.3) is 0 Å². The predicted octanol–water partition coefficient (Wildman–Crippen LogP) is 3.07. The van der Waals surface area contributed by atoms with Crippen LogP contribution in [0.1, 0.15) is 5.69 Å². The molecule has 2 aromatic rings. The molecule has 0 spiro atoms. The summed E-state index contributed by atoms with van der Waals surface area (Å²) in [5.41, 5.74) is 3.09. The number of ether oxygens (including phenoxy) is 2. The van der Waals surface area contributed by atoms with E-state index in [4.69, 9.17) is 9.47 Å². The molecular weight excluding hydrogens is 214 g/mol. The van der Waals surface area contributed by atoms with Crippen LogP contribution in [-0.2, 0) is 0 Å². The largest absolute Gasteiger partial charge is 0.497 e. The Kier molecular flexibility index (Phi) is 3.28. The Morgan fingerprint density at radius 1 is 0.882 bits per heavy atom. The number of hydrogen-bond donors (Lipinski definition) is 0. The third-order valence-corrected chi connectivity index (χ3v) is 2.60. The summed E-state index contributed by atoms with van der Waals surface area (Å²) in [5.74, 6) is 1.56. The molecule has 0 aliphatic carbocycles. The molecule has 0 saturated carbocycles. The maximum Gasteiger partial charge on any atom is 0.123 e. The van der Waals surface area contributed by atoms with Crippen molar-refractivity contribution < 1.29 is 9.47 Å². The van der Waals surface area contributed by atoms with Gasteiger partial charge in [-0.3, -0.25) is 4.98 Å². The zero-order valence-corrected chi connectivity index (χ0v) is 10.2. The zero-order chi connectivity index (χ0) is 12.3. The normalized spacial score (nSPS) is 10.1. The van der Waals surface area contributed by atoms with Crippen LogP contribution in [0.25, 0.3) is 11.1 Å². The number of aryl methyl sites for hydroxylation is 1. The van der Waals surface area contributed by atoms with Gasteiger partial charge in [-0.2, -0.15) is 0 Å². The predicted molar refractivity (Wildman–Crippen MR) is 67.5 cm³/mol. The highest BCUT2D eigenvalue weighted by Crippen LogP contribution is 2.29. The van der Waals surface area contributed by atoms with Crippen molar-refractivity contribution in [1.29, 1.82) is 0 Å². The molecule has 88 valence electrons. The maximum absolute atomic E-state index is 5.24. The van der Waals surface area contributed by atoms with Gasteiger partial charge >= 0.3 is 0 Å². The van der Waals surface area contributed by atoms with E-state index < -0.39 is 0 Å². The van der Waals surface area contributed by atoms with Crippen LogP contribution >= 0.6 is 0 Å². The average molecular weight is 229 g/mol. The lowest BCUT2D eigenvalue weighted by Crippen LogP contribution is -1.89. The SMILES string of the molecule is COc1cc(OC)cc(-c2ccc(C)nc2)c1. The van der Waals surface area contributed by atoms with Crippen molar-refractivity contribution >= 4 is 0 Å². The molecule has 0 radical (unpaired) electrons. The first-order valence-corrected chi connectivity index (χ1v) is 5.39. The van der Waals surface area contributed by atoms with Crippen LogP contribution in [-0.4, -0.2) is 19.2 Å². The van der Waals surface area contributed by atoms with Gasteiger partial charge in [-0.05, 0) is 30.7 Å². The first-order chi connectivity index (χ1) is 8.22. The van der Waals surface area contributed by atoms with Crippen molar-refractivity contribution in [3.63, 3.8) is 0 Å². The van der Waals surface area contributed by atoms with Gasteiger partial charge in [0, 0.05) is 23.5 Å². The number of methoxy groups -OCH3 is 2. The van der Waals surface area contributed by atoms with Gasteiger partial charge in [0.15, 0.2) is 0 Å². The summed E-state index contributed by atoms with van der Waals surface area (Å²) in [6.45, 7) is 1.97. The van der Waals surface area contributed by atoms with E-state index in [1.54, 1.807) is 14.2 Å².